The second-order valence-electron chi connectivity index (χ2n) is 23.0. The van der Waals surface area contributed by atoms with Gasteiger partial charge in [-0.1, -0.05) is 192 Å². The summed E-state index contributed by atoms with van der Waals surface area (Å²) < 4.78 is 9.70. The van der Waals surface area contributed by atoms with Crippen LogP contribution in [0.4, 0.5) is 11.4 Å². The van der Waals surface area contributed by atoms with Crippen LogP contribution in [0.2, 0.25) is 0 Å². The molecule has 0 fully saturated rings. The minimum atomic E-state index is -0.392. The summed E-state index contributed by atoms with van der Waals surface area (Å²) in [5.74, 6) is 3.09. The predicted octanol–water partition coefficient (Wildman–Crippen LogP) is 18.1. The highest BCUT2D eigenvalue weighted by Crippen LogP contribution is 2.47. The summed E-state index contributed by atoms with van der Waals surface area (Å²) in [6.07, 6.45) is 4.34. The van der Waals surface area contributed by atoms with Gasteiger partial charge in [0, 0.05) is 57.7 Å². The highest BCUT2D eigenvalue weighted by molar-refractivity contribution is 6.12. The number of rotatable bonds is 11. The Morgan fingerprint density at radius 2 is 1.12 bits per heavy atom. The molecule has 3 heterocycles. The van der Waals surface area contributed by atoms with Crippen molar-refractivity contribution in [2.75, 3.05) is 16.5 Å². The van der Waals surface area contributed by atoms with Crippen LogP contribution in [-0.4, -0.2) is 16.2 Å². The van der Waals surface area contributed by atoms with Crippen molar-refractivity contribution in [3.63, 3.8) is 0 Å². The van der Waals surface area contributed by atoms with Gasteiger partial charge in [0.1, 0.15) is 17.3 Å². The fourth-order valence-corrected chi connectivity index (χ4v) is 10.7. The minimum absolute atomic E-state index is 0.00495. The van der Waals surface area contributed by atoms with E-state index in [1.54, 1.807) is 0 Å². The van der Waals surface area contributed by atoms with Crippen molar-refractivity contribution >= 4 is 38.9 Å². The molecule has 7 aromatic carbocycles. The maximum absolute atomic E-state index is 7.37. The van der Waals surface area contributed by atoms with Crippen molar-refractivity contribution in [3.8, 4) is 28.4 Å². The van der Waals surface area contributed by atoms with E-state index in [4.69, 9.17) is 9.72 Å². The number of para-hydroxylation sites is 1. The van der Waals surface area contributed by atoms with Crippen LogP contribution in [0.15, 0.2) is 182 Å². The van der Waals surface area contributed by atoms with Crippen LogP contribution in [0.25, 0.3) is 44.4 Å². The van der Waals surface area contributed by atoms with E-state index < -0.39 is 5.41 Å². The molecule has 0 saturated carbocycles. The molecule has 1 aliphatic heterocycles. The fourth-order valence-electron chi connectivity index (χ4n) is 10.7. The number of hydrogen-bond acceptors (Lipinski definition) is 4. The molecule has 5 heteroatoms. The summed E-state index contributed by atoms with van der Waals surface area (Å²) in [5, 5.41) is 2.38. The molecule has 0 unspecified atom stereocenters. The van der Waals surface area contributed by atoms with Crippen LogP contribution in [0.1, 0.15) is 134 Å². The van der Waals surface area contributed by atoms with E-state index in [9.17, 15) is 0 Å². The van der Waals surface area contributed by atoms with E-state index in [0.717, 1.165) is 45.2 Å². The van der Waals surface area contributed by atoms with Crippen LogP contribution < -0.4 is 14.5 Å². The molecule has 72 heavy (non-hydrogen) atoms. The number of anilines is 2. The van der Waals surface area contributed by atoms with E-state index in [-0.39, 0.29) is 10.8 Å². The molecule has 364 valence electrons. The van der Waals surface area contributed by atoms with E-state index in [1.807, 2.05) is 6.20 Å². The summed E-state index contributed by atoms with van der Waals surface area (Å²) in [4.78, 5) is 10.0. The Hall–Kier alpha value is -7.37. The quantitative estimate of drug-likeness (QED) is 0.129. The fraction of sp³-hybridized carbons (Fsp3) is 0.269. The van der Waals surface area contributed by atoms with Crippen molar-refractivity contribution in [1.29, 1.82) is 0 Å². The van der Waals surface area contributed by atoms with Gasteiger partial charge >= 0.3 is 0 Å². The summed E-state index contributed by atoms with van der Waals surface area (Å²) in [6, 6.07) is 62.0. The molecule has 0 aliphatic carbocycles. The molecular formula is C67H70N4O. The normalized spacial score (nSPS) is 13.5. The maximum Gasteiger partial charge on any atom is 0.137 e. The third kappa shape index (κ3) is 9.11. The zero-order valence-electron chi connectivity index (χ0n) is 44.4. The summed E-state index contributed by atoms with van der Waals surface area (Å²) >= 11 is 0. The summed E-state index contributed by atoms with van der Waals surface area (Å²) in [7, 11) is 0. The Balaban J connectivity index is 1.18. The molecule has 10 rings (SSSR count). The van der Waals surface area contributed by atoms with E-state index in [1.165, 1.54) is 61.1 Å². The molecule has 5 nitrogen and oxygen atoms in total. The average molecular weight is 947 g/mol. The molecule has 0 atom stereocenters. The first-order chi connectivity index (χ1) is 34.4. The zero-order valence-corrected chi connectivity index (χ0v) is 44.4. The van der Waals surface area contributed by atoms with Gasteiger partial charge in [0.2, 0.25) is 0 Å². The molecule has 9 aromatic rings. The highest BCUT2D eigenvalue weighted by Gasteiger charge is 2.32. The third-order valence-corrected chi connectivity index (χ3v) is 14.8. The van der Waals surface area contributed by atoms with Crippen molar-refractivity contribution in [2.45, 2.75) is 111 Å². The number of pyridine rings is 1. The first-order valence-corrected chi connectivity index (χ1v) is 25.8. The molecule has 0 spiro atoms. The second kappa shape index (κ2) is 18.7. The molecule has 0 radical (unpaired) electrons. The lowest BCUT2D eigenvalue weighted by molar-refractivity contribution is 0.481. The van der Waals surface area contributed by atoms with Crippen molar-refractivity contribution in [3.05, 3.63) is 221 Å². The SMILES string of the molecule is CC(C)c1cccc(C(C)C)c1C1=CN(c2cc(Oc3cc(C(C)(C)c4ccccc4)c4c5ccccc5n(-c5cc(C(C)(C)C)ccn5)c4c3)cc(-c3ccccc3)c2)CN1c1cccc(C(C)(C)C)c1. The third-order valence-electron chi connectivity index (χ3n) is 14.8. The van der Waals surface area contributed by atoms with E-state index >= 15 is 0 Å². The topological polar surface area (TPSA) is 33.5 Å². The Bertz CT molecular complexity index is 3450. The molecule has 0 saturated heterocycles. The van der Waals surface area contributed by atoms with Crippen LogP contribution in [0.5, 0.6) is 11.5 Å². The Morgan fingerprint density at radius 1 is 0.514 bits per heavy atom. The number of aromatic nitrogens is 2. The van der Waals surface area contributed by atoms with Crippen LogP contribution in [0.3, 0.4) is 0 Å². The Morgan fingerprint density at radius 3 is 1.81 bits per heavy atom. The monoisotopic (exact) mass is 947 g/mol. The molecule has 0 bridgehead atoms. The molecule has 0 N–H and O–H groups in total. The molecule has 2 aromatic heterocycles. The molecule has 0 amide bonds. The lowest BCUT2D eigenvalue weighted by Gasteiger charge is -2.29. The average Bonchev–Trinajstić information content (AvgIpc) is 3.96. The van der Waals surface area contributed by atoms with Crippen molar-refractivity contribution in [2.24, 2.45) is 0 Å². The predicted molar refractivity (Wildman–Crippen MR) is 305 cm³/mol. The van der Waals surface area contributed by atoms with Crippen molar-refractivity contribution in [1.82, 2.24) is 9.55 Å². The van der Waals surface area contributed by atoms with E-state index in [2.05, 4.69) is 274 Å². The Labute approximate surface area is 428 Å². The van der Waals surface area contributed by atoms with E-state index in [0.29, 0.717) is 18.5 Å². The molecule has 1 aliphatic rings. The number of nitrogens with zero attached hydrogens (tertiary/aromatic N) is 4. The lowest BCUT2D eigenvalue weighted by atomic mass is 9.76. The van der Waals surface area contributed by atoms with Gasteiger partial charge in [0.25, 0.3) is 0 Å². The van der Waals surface area contributed by atoms with Crippen LogP contribution in [0, 0.1) is 0 Å². The Kier molecular flexibility index (Phi) is 12.5. The smallest absolute Gasteiger partial charge is 0.137 e. The van der Waals surface area contributed by atoms with Crippen molar-refractivity contribution < 1.29 is 4.74 Å². The van der Waals surface area contributed by atoms with Gasteiger partial charge in [-0.15, -0.1) is 0 Å². The van der Waals surface area contributed by atoms with Gasteiger partial charge in [-0.25, -0.2) is 4.98 Å². The van der Waals surface area contributed by atoms with Gasteiger partial charge in [-0.3, -0.25) is 4.57 Å². The van der Waals surface area contributed by atoms with Gasteiger partial charge in [-0.2, -0.15) is 0 Å². The van der Waals surface area contributed by atoms with Crippen LogP contribution in [-0.2, 0) is 16.2 Å². The first-order valence-electron chi connectivity index (χ1n) is 25.8. The van der Waals surface area contributed by atoms with Crippen LogP contribution >= 0.6 is 0 Å². The largest absolute Gasteiger partial charge is 0.457 e. The van der Waals surface area contributed by atoms with Gasteiger partial charge in [0.05, 0.1) is 23.4 Å². The number of benzene rings is 7. The highest BCUT2D eigenvalue weighted by atomic mass is 16.5. The lowest BCUT2D eigenvalue weighted by Crippen LogP contribution is -2.27. The summed E-state index contributed by atoms with van der Waals surface area (Å²) in [6.45, 7) is 28.2. The second-order valence-corrected chi connectivity index (χ2v) is 23.0. The maximum atomic E-state index is 7.37. The zero-order chi connectivity index (χ0) is 50.7. The minimum Gasteiger partial charge on any atom is -0.457 e. The number of hydrogen-bond donors (Lipinski definition) is 0. The standard InChI is InChI=1S/C67H70N4O/c1-44(2)55-30-22-31-56(45(3)4)63(55)61-42-69(43-70(61)51-28-21-27-49(37-51)65(5,6)7)52-35-47(46-23-15-13-16-24-46)36-53(39-52)72-54-40-58(67(11,12)48-25-17-14-18-26-48)64-57-29-19-20-32-59(57)71(60(64)41-54)62-38-50(33-34-68-62)66(8,9)10/h13-42,44-45H,43H2,1-12H3. The van der Waals surface area contributed by atoms with Gasteiger partial charge in [-0.05, 0) is 116 Å². The van der Waals surface area contributed by atoms with Gasteiger partial charge in [0.15, 0.2) is 0 Å². The number of fused-ring (bicyclic) bond motifs is 3. The van der Waals surface area contributed by atoms with Gasteiger partial charge < -0.3 is 14.5 Å². The summed E-state index contributed by atoms with van der Waals surface area (Å²) in [5.41, 5.74) is 16.3. The first kappa shape index (κ1) is 48.3. The molecular weight excluding hydrogens is 877 g/mol. The number of ether oxygens (including phenoxy) is 1.